The molecule has 0 radical (unpaired) electrons. The van der Waals surface area contributed by atoms with Crippen molar-refractivity contribution < 1.29 is 26.7 Å². The Balaban J connectivity index is 2.01. The highest BCUT2D eigenvalue weighted by Crippen LogP contribution is 2.21. The molecule has 6 nitrogen and oxygen atoms in total. The molecule has 2 N–H and O–H groups in total. The molecule has 2 atom stereocenters. The number of nitrogens with one attached hydrogen (secondary N) is 2. The molecule has 1 fully saturated rings. The van der Waals surface area contributed by atoms with Crippen molar-refractivity contribution in [1.29, 1.82) is 0 Å². The van der Waals surface area contributed by atoms with E-state index in [9.17, 15) is 22.0 Å². The number of benzene rings is 1. The van der Waals surface area contributed by atoms with E-state index in [2.05, 4.69) is 10.6 Å². The topological polar surface area (TPSA) is 84.5 Å². The molecule has 0 bridgehead atoms. The fourth-order valence-corrected chi connectivity index (χ4v) is 3.08. The summed E-state index contributed by atoms with van der Waals surface area (Å²) >= 11 is 0. The molecule has 9 heteroatoms. The van der Waals surface area contributed by atoms with Crippen molar-refractivity contribution in [3.8, 4) is 0 Å². The Morgan fingerprint density at radius 3 is 2.74 bits per heavy atom. The standard InChI is InChI=1S/C14H18F2N2O4S/c1-9(12-6-3-7-22-12)17-14(19)18-10-4-2-5-11(8-10)23(20,21)13(15)16/h2,4-5,8-9,12-13H,3,6-7H2,1H3,(H2,17,18,19)/t9-,12-/m1/s1. The van der Waals surface area contributed by atoms with Crippen molar-refractivity contribution in [3.05, 3.63) is 24.3 Å². The Morgan fingerprint density at radius 2 is 2.13 bits per heavy atom. The first kappa shape index (κ1) is 17.6. The highest BCUT2D eigenvalue weighted by Gasteiger charge is 2.27. The lowest BCUT2D eigenvalue weighted by molar-refractivity contribution is 0.0868. The maximum absolute atomic E-state index is 12.5. The number of halogens is 2. The summed E-state index contributed by atoms with van der Waals surface area (Å²) in [6.45, 7) is 2.46. The van der Waals surface area contributed by atoms with Crippen LogP contribution in [0.1, 0.15) is 19.8 Å². The zero-order chi connectivity index (χ0) is 17.0. The normalized spacial score (nSPS) is 19.6. The van der Waals surface area contributed by atoms with Gasteiger partial charge in [0, 0.05) is 12.3 Å². The number of ether oxygens (including phenoxy) is 1. The van der Waals surface area contributed by atoms with Gasteiger partial charge in [-0.2, -0.15) is 8.78 Å². The Hall–Kier alpha value is -1.74. The van der Waals surface area contributed by atoms with Gasteiger partial charge in [0.05, 0.1) is 17.0 Å². The molecule has 23 heavy (non-hydrogen) atoms. The van der Waals surface area contributed by atoms with Crippen molar-refractivity contribution in [2.24, 2.45) is 0 Å². The van der Waals surface area contributed by atoms with Gasteiger partial charge in [-0.1, -0.05) is 6.07 Å². The number of sulfone groups is 1. The molecule has 1 aromatic rings. The second-order valence-electron chi connectivity index (χ2n) is 5.27. The number of alkyl halides is 2. The molecule has 128 valence electrons. The minimum atomic E-state index is -4.70. The van der Waals surface area contributed by atoms with Gasteiger partial charge in [-0.05, 0) is 38.0 Å². The van der Waals surface area contributed by atoms with Crippen LogP contribution in [0.4, 0.5) is 19.3 Å². The van der Waals surface area contributed by atoms with Gasteiger partial charge in [-0.15, -0.1) is 0 Å². The minimum Gasteiger partial charge on any atom is -0.376 e. The first-order valence-electron chi connectivity index (χ1n) is 7.12. The van der Waals surface area contributed by atoms with Gasteiger partial charge in [0.15, 0.2) is 0 Å². The number of hydrogen-bond acceptors (Lipinski definition) is 4. The molecule has 0 spiro atoms. The molecule has 1 aromatic carbocycles. The summed E-state index contributed by atoms with van der Waals surface area (Å²) in [5.41, 5.74) is 0.115. The molecular formula is C14H18F2N2O4S. The fraction of sp³-hybridized carbons (Fsp3) is 0.500. The van der Waals surface area contributed by atoms with Gasteiger partial charge >= 0.3 is 11.8 Å². The van der Waals surface area contributed by atoms with Crippen molar-refractivity contribution in [2.45, 2.75) is 42.6 Å². The number of hydrogen-bond donors (Lipinski definition) is 2. The van der Waals surface area contributed by atoms with E-state index in [1.54, 1.807) is 6.92 Å². The molecule has 1 saturated heterocycles. The number of rotatable bonds is 5. The lowest BCUT2D eigenvalue weighted by Crippen LogP contribution is -2.43. The maximum Gasteiger partial charge on any atom is 0.341 e. The van der Waals surface area contributed by atoms with Gasteiger partial charge in [0.2, 0.25) is 9.84 Å². The Bertz CT molecular complexity index is 660. The Morgan fingerprint density at radius 1 is 1.39 bits per heavy atom. The quantitative estimate of drug-likeness (QED) is 0.856. The van der Waals surface area contributed by atoms with Crippen molar-refractivity contribution in [2.75, 3.05) is 11.9 Å². The SMILES string of the molecule is C[C@@H](NC(=O)Nc1cccc(S(=O)(=O)C(F)F)c1)[C@H]1CCCO1. The van der Waals surface area contributed by atoms with Crippen LogP contribution in [0, 0.1) is 0 Å². The number of amides is 2. The first-order valence-corrected chi connectivity index (χ1v) is 8.66. The van der Waals surface area contributed by atoms with Crippen LogP contribution in [-0.4, -0.2) is 39.0 Å². The molecule has 1 aliphatic heterocycles. The molecule has 0 aliphatic carbocycles. The predicted molar refractivity (Wildman–Crippen MR) is 80.2 cm³/mol. The van der Waals surface area contributed by atoms with Gasteiger partial charge < -0.3 is 15.4 Å². The smallest absolute Gasteiger partial charge is 0.341 e. The third-order valence-electron chi connectivity index (χ3n) is 3.54. The summed E-state index contributed by atoms with van der Waals surface area (Å²) in [4.78, 5) is 11.4. The van der Waals surface area contributed by atoms with Gasteiger partial charge in [-0.3, -0.25) is 0 Å². The van der Waals surface area contributed by atoms with Crippen LogP contribution in [0.5, 0.6) is 0 Å². The van der Waals surface area contributed by atoms with Crippen LogP contribution < -0.4 is 10.6 Å². The van der Waals surface area contributed by atoms with Crippen LogP contribution in [0.15, 0.2) is 29.2 Å². The van der Waals surface area contributed by atoms with Crippen molar-refractivity contribution in [1.82, 2.24) is 5.32 Å². The largest absolute Gasteiger partial charge is 0.376 e. The third-order valence-corrected chi connectivity index (χ3v) is 4.92. The summed E-state index contributed by atoms with van der Waals surface area (Å²) in [7, 11) is -4.70. The van der Waals surface area contributed by atoms with E-state index in [0.29, 0.717) is 6.61 Å². The second kappa shape index (κ2) is 7.22. The summed E-state index contributed by atoms with van der Waals surface area (Å²) in [6, 6.07) is 3.98. The van der Waals surface area contributed by atoms with E-state index in [-0.39, 0.29) is 17.8 Å². The summed E-state index contributed by atoms with van der Waals surface area (Å²) < 4.78 is 53.4. The lowest BCUT2D eigenvalue weighted by Gasteiger charge is -2.20. The number of carbonyl (C=O) groups excluding carboxylic acids is 1. The predicted octanol–water partition coefficient (Wildman–Crippen LogP) is 2.37. The van der Waals surface area contributed by atoms with Gasteiger partial charge in [0.25, 0.3) is 0 Å². The minimum absolute atomic E-state index is 0.0636. The molecule has 0 unspecified atom stereocenters. The van der Waals surface area contributed by atoms with Gasteiger partial charge in [-0.25, -0.2) is 13.2 Å². The summed E-state index contributed by atoms with van der Waals surface area (Å²) in [5.74, 6) is -3.51. The van der Waals surface area contributed by atoms with E-state index in [0.717, 1.165) is 25.0 Å². The monoisotopic (exact) mass is 348 g/mol. The van der Waals surface area contributed by atoms with Crippen LogP contribution in [0.25, 0.3) is 0 Å². The first-order chi connectivity index (χ1) is 10.8. The molecule has 2 amide bonds. The van der Waals surface area contributed by atoms with Crippen LogP contribution in [-0.2, 0) is 14.6 Å². The van der Waals surface area contributed by atoms with Crippen LogP contribution in [0.3, 0.4) is 0 Å². The van der Waals surface area contributed by atoms with Crippen LogP contribution >= 0.6 is 0 Å². The zero-order valence-electron chi connectivity index (χ0n) is 12.5. The second-order valence-corrected chi connectivity index (χ2v) is 7.19. The molecule has 0 aromatic heterocycles. The number of carbonyl (C=O) groups is 1. The molecule has 1 heterocycles. The van der Waals surface area contributed by atoms with E-state index < -0.39 is 26.5 Å². The maximum atomic E-state index is 12.5. The third kappa shape index (κ3) is 4.38. The van der Waals surface area contributed by atoms with Crippen LogP contribution in [0.2, 0.25) is 0 Å². The Labute approximate surface area is 133 Å². The average molecular weight is 348 g/mol. The summed E-state index contributed by atoms with van der Waals surface area (Å²) in [6.07, 6.45) is 1.72. The zero-order valence-corrected chi connectivity index (χ0v) is 13.3. The molecular weight excluding hydrogens is 330 g/mol. The van der Waals surface area contributed by atoms with Gasteiger partial charge in [0.1, 0.15) is 0 Å². The Kier molecular flexibility index (Phi) is 5.53. The number of urea groups is 1. The van der Waals surface area contributed by atoms with Crippen molar-refractivity contribution >= 4 is 21.6 Å². The molecule has 0 saturated carbocycles. The van der Waals surface area contributed by atoms with E-state index >= 15 is 0 Å². The fourth-order valence-electron chi connectivity index (χ4n) is 2.32. The lowest BCUT2D eigenvalue weighted by atomic mass is 10.1. The summed E-state index contributed by atoms with van der Waals surface area (Å²) in [5, 5.41) is 5.11. The highest BCUT2D eigenvalue weighted by atomic mass is 32.2. The van der Waals surface area contributed by atoms with Crippen molar-refractivity contribution in [3.63, 3.8) is 0 Å². The van der Waals surface area contributed by atoms with E-state index in [4.69, 9.17) is 4.74 Å². The van der Waals surface area contributed by atoms with E-state index in [1.165, 1.54) is 12.1 Å². The van der Waals surface area contributed by atoms with E-state index in [1.807, 2.05) is 0 Å². The number of anilines is 1. The molecule has 1 aliphatic rings. The highest BCUT2D eigenvalue weighted by molar-refractivity contribution is 7.91. The molecule has 2 rings (SSSR count). The average Bonchev–Trinajstić information content (AvgIpc) is 3.01.